The van der Waals surface area contributed by atoms with E-state index in [2.05, 4.69) is 15.6 Å². The Morgan fingerprint density at radius 2 is 2.32 bits per heavy atom. The summed E-state index contributed by atoms with van der Waals surface area (Å²) in [7, 11) is 1.84. The molecule has 102 valence electrons. The van der Waals surface area contributed by atoms with E-state index in [9.17, 15) is 4.79 Å². The number of imidazole rings is 1. The summed E-state index contributed by atoms with van der Waals surface area (Å²) in [5, 5.41) is 5.90. The number of carbonyl (C=O) groups is 1. The van der Waals surface area contributed by atoms with Crippen LogP contribution in [0.3, 0.4) is 0 Å². The van der Waals surface area contributed by atoms with Crippen molar-refractivity contribution in [3.05, 3.63) is 35.8 Å². The van der Waals surface area contributed by atoms with E-state index in [0.29, 0.717) is 13.1 Å². The van der Waals surface area contributed by atoms with Crippen molar-refractivity contribution in [2.24, 2.45) is 5.92 Å². The van der Waals surface area contributed by atoms with Gasteiger partial charge in [0.25, 0.3) is 0 Å². The molecule has 0 aromatic carbocycles. The zero-order chi connectivity index (χ0) is 13.8. The highest BCUT2D eigenvalue weighted by molar-refractivity contribution is 5.78. The molecule has 2 heterocycles. The standard InChI is InChI=1S/C14H20N4O/c1-10-5-4-6-18-9-12(17-13(10)18)8-16-14(19)11(2)7-15-3/h4-6,9,11,15H,7-8H2,1-3H3,(H,16,19). The Morgan fingerprint density at radius 3 is 3.00 bits per heavy atom. The highest BCUT2D eigenvalue weighted by Gasteiger charge is 2.12. The average Bonchev–Trinajstić information content (AvgIpc) is 2.80. The number of pyridine rings is 1. The molecule has 0 bridgehead atoms. The van der Waals surface area contributed by atoms with Crippen molar-refractivity contribution < 1.29 is 4.79 Å². The molecular formula is C14H20N4O. The molecule has 5 nitrogen and oxygen atoms in total. The Morgan fingerprint density at radius 1 is 1.53 bits per heavy atom. The summed E-state index contributed by atoms with van der Waals surface area (Å²) in [6.07, 6.45) is 3.91. The Hall–Kier alpha value is -1.88. The first kappa shape index (κ1) is 13.5. The molecule has 0 aliphatic carbocycles. The summed E-state index contributed by atoms with van der Waals surface area (Å²) in [5.41, 5.74) is 2.94. The maximum absolute atomic E-state index is 11.8. The third-order valence-corrected chi connectivity index (χ3v) is 3.13. The van der Waals surface area contributed by atoms with Crippen molar-refractivity contribution in [2.75, 3.05) is 13.6 Å². The summed E-state index contributed by atoms with van der Waals surface area (Å²) in [4.78, 5) is 16.3. The molecule has 0 aliphatic rings. The Kier molecular flexibility index (Phi) is 4.16. The highest BCUT2D eigenvalue weighted by Crippen LogP contribution is 2.09. The molecule has 2 aromatic rings. The summed E-state index contributed by atoms with van der Waals surface area (Å²) in [5.74, 6) is 0.00638. The lowest BCUT2D eigenvalue weighted by molar-refractivity contribution is -0.124. The van der Waals surface area contributed by atoms with Crippen LogP contribution < -0.4 is 10.6 Å². The number of fused-ring (bicyclic) bond motifs is 1. The van der Waals surface area contributed by atoms with Crippen molar-refractivity contribution in [3.63, 3.8) is 0 Å². The number of amides is 1. The van der Waals surface area contributed by atoms with E-state index in [1.165, 1.54) is 0 Å². The second kappa shape index (κ2) is 5.84. The number of carbonyl (C=O) groups excluding carboxylic acids is 1. The van der Waals surface area contributed by atoms with E-state index >= 15 is 0 Å². The first-order chi connectivity index (χ1) is 9.11. The number of hydrogen-bond donors (Lipinski definition) is 2. The van der Waals surface area contributed by atoms with Crippen molar-refractivity contribution in [3.8, 4) is 0 Å². The van der Waals surface area contributed by atoms with E-state index in [4.69, 9.17) is 0 Å². The fraction of sp³-hybridized carbons (Fsp3) is 0.429. The molecule has 0 fully saturated rings. The van der Waals surface area contributed by atoms with Crippen LogP contribution in [0.4, 0.5) is 0 Å². The fourth-order valence-electron chi connectivity index (χ4n) is 2.04. The normalized spacial score (nSPS) is 12.6. The molecule has 2 rings (SSSR count). The van der Waals surface area contributed by atoms with Crippen molar-refractivity contribution in [2.45, 2.75) is 20.4 Å². The third kappa shape index (κ3) is 3.12. The Labute approximate surface area is 113 Å². The quantitative estimate of drug-likeness (QED) is 0.847. The lowest BCUT2D eigenvalue weighted by Gasteiger charge is -2.10. The monoisotopic (exact) mass is 260 g/mol. The highest BCUT2D eigenvalue weighted by atomic mass is 16.1. The molecule has 2 N–H and O–H groups in total. The van der Waals surface area contributed by atoms with E-state index in [1.54, 1.807) is 0 Å². The molecule has 0 radical (unpaired) electrons. The molecule has 2 aromatic heterocycles. The molecule has 0 aliphatic heterocycles. The minimum atomic E-state index is -0.0382. The van der Waals surface area contributed by atoms with E-state index in [1.807, 2.05) is 49.8 Å². The van der Waals surface area contributed by atoms with Gasteiger partial charge in [-0.3, -0.25) is 4.79 Å². The van der Waals surface area contributed by atoms with Crippen LogP contribution in [0, 0.1) is 12.8 Å². The van der Waals surface area contributed by atoms with Crippen LogP contribution in [0.1, 0.15) is 18.2 Å². The SMILES string of the molecule is CNCC(C)C(=O)NCc1cn2cccc(C)c2n1. The minimum absolute atomic E-state index is 0.0382. The van der Waals surface area contributed by atoms with Crippen LogP contribution in [0.2, 0.25) is 0 Å². The number of aromatic nitrogens is 2. The van der Waals surface area contributed by atoms with Gasteiger partial charge in [-0.1, -0.05) is 13.0 Å². The summed E-state index contributed by atoms with van der Waals surface area (Å²) in [6, 6.07) is 4.01. The largest absolute Gasteiger partial charge is 0.350 e. The minimum Gasteiger partial charge on any atom is -0.350 e. The maximum atomic E-state index is 11.8. The second-order valence-corrected chi connectivity index (χ2v) is 4.83. The first-order valence-corrected chi connectivity index (χ1v) is 6.47. The predicted octanol–water partition coefficient (Wildman–Crippen LogP) is 1.11. The summed E-state index contributed by atoms with van der Waals surface area (Å²) < 4.78 is 1.98. The second-order valence-electron chi connectivity index (χ2n) is 4.83. The van der Waals surface area contributed by atoms with Gasteiger partial charge in [0.2, 0.25) is 5.91 Å². The number of nitrogens with one attached hydrogen (secondary N) is 2. The Bertz CT molecular complexity index is 576. The van der Waals surface area contributed by atoms with Gasteiger partial charge in [-0.05, 0) is 25.6 Å². The molecule has 0 saturated carbocycles. The van der Waals surface area contributed by atoms with Gasteiger partial charge in [0, 0.05) is 24.9 Å². The predicted molar refractivity (Wildman–Crippen MR) is 74.9 cm³/mol. The molecule has 0 spiro atoms. The van der Waals surface area contributed by atoms with Crippen molar-refractivity contribution >= 4 is 11.6 Å². The van der Waals surface area contributed by atoms with Crippen LogP contribution in [-0.2, 0) is 11.3 Å². The molecule has 5 heteroatoms. The van der Waals surface area contributed by atoms with Gasteiger partial charge in [-0.2, -0.15) is 0 Å². The van der Waals surface area contributed by atoms with E-state index < -0.39 is 0 Å². The van der Waals surface area contributed by atoms with Crippen molar-refractivity contribution in [1.82, 2.24) is 20.0 Å². The molecule has 0 saturated heterocycles. The van der Waals surface area contributed by atoms with E-state index in [0.717, 1.165) is 16.9 Å². The van der Waals surface area contributed by atoms with E-state index in [-0.39, 0.29) is 11.8 Å². The van der Waals surface area contributed by atoms with Crippen LogP contribution >= 0.6 is 0 Å². The summed E-state index contributed by atoms with van der Waals surface area (Å²) in [6.45, 7) is 5.07. The topological polar surface area (TPSA) is 58.4 Å². The van der Waals surface area contributed by atoms with Crippen LogP contribution in [0.5, 0.6) is 0 Å². The summed E-state index contributed by atoms with van der Waals surface area (Å²) >= 11 is 0. The van der Waals surface area contributed by atoms with Crippen molar-refractivity contribution in [1.29, 1.82) is 0 Å². The lowest BCUT2D eigenvalue weighted by atomic mass is 10.1. The molecule has 1 unspecified atom stereocenters. The molecular weight excluding hydrogens is 240 g/mol. The van der Waals surface area contributed by atoms with Gasteiger partial charge in [0.1, 0.15) is 5.65 Å². The van der Waals surface area contributed by atoms with Crippen LogP contribution in [-0.4, -0.2) is 28.9 Å². The van der Waals surface area contributed by atoms with Gasteiger partial charge in [-0.25, -0.2) is 4.98 Å². The smallest absolute Gasteiger partial charge is 0.224 e. The van der Waals surface area contributed by atoms with Gasteiger partial charge in [0.15, 0.2) is 0 Å². The first-order valence-electron chi connectivity index (χ1n) is 6.47. The number of aryl methyl sites for hydroxylation is 1. The Balaban J connectivity index is 2.02. The number of nitrogens with zero attached hydrogens (tertiary/aromatic N) is 2. The maximum Gasteiger partial charge on any atom is 0.224 e. The molecule has 1 amide bonds. The fourth-order valence-corrected chi connectivity index (χ4v) is 2.04. The van der Waals surface area contributed by atoms with Crippen LogP contribution in [0.15, 0.2) is 24.5 Å². The lowest BCUT2D eigenvalue weighted by Crippen LogP contribution is -2.33. The van der Waals surface area contributed by atoms with Gasteiger partial charge >= 0.3 is 0 Å². The van der Waals surface area contributed by atoms with Gasteiger partial charge < -0.3 is 15.0 Å². The van der Waals surface area contributed by atoms with Gasteiger partial charge in [-0.15, -0.1) is 0 Å². The third-order valence-electron chi connectivity index (χ3n) is 3.13. The number of hydrogen-bond acceptors (Lipinski definition) is 3. The molecule has 19 heavy (non-hydrogen) atoms. The zero-order valence-corrected chi connectivity index (χ0v) is 11.6. The molecule has 1 atom stereocenters. The zero-order valence-electron chi connectivity index (χ0n) is 11.6. The number of rotatable bonds is 5. The van der Waals surface area contributed by atoms with Gasteiger partial charge in [0.05, 0.1) is 12.2 Å². The average molecular weight is 260 g/mol. The van der Waals surface area contributed by atoms with Crippen LogP contribution in [0.25, 0.3) is 5.65 Å².